The van der Waals surface area contributed by atoms with Crippen molar-refractivity contribution < 1.29 is 9.18 Å². The molecule has 23 heavy (non-hydrogen) atoms. The molecule has 0 fully saturated rings. The smallest absolute Gasteiger partial charge is 0.196 e. The highest BCUT2D eigenvalue weighted by molar-refractivity contribution is 7.99. The van der Waals surface area contributed by atoms with E-state index in [1.807, 2.05) is 19.9 Å². The van der Waals surface area contributed by atoms with Crippen LogP contribution < -0.4 is 0 Å². The van der Waals surface area contributed by atoms with Crippen LogP contribution in [-0.2, 0) is 0 Å². The number of halogens is 1. The lowest BCUT2D eigenvalue weighted by Gasteiger charge is -2.06. The van der Waals surface area contributed by atoms with E-state index in [1.165, 1.54) is 24.2 Å². The molecule has 0 spiro atoms. The molecule has 7 heteroatoms. The van der Waals surface area contributed by atoms with Crippen molar-refractivity contribution in [2.75, 3.05) is 5.75 Å². The summed E-state index contributed by atoms with van der Waals surface area (Å²) >= 11 is 2.87. The van der Waals surface area contributed by atoms with Gasteiger partial charge in [0.25, 0.3) is 0 Å². The van der Waals surface area contributed by atoms with Crippen LogP contribution in [0.25, 0.3) is 5.69 Å². The van der Waals surface area contributed by atoms with Gasteiger partial charge in [-0.05, 0) is 32.0 Å². The normalized spacial score (nSPS) is 10.9. The maximum atomic E-state index is 13.9. The van der Waals surface area contributed by atoms with E-state index in [0.717, 1.165) is 15.3 Å². The molecule has 0 aliphatic carbocycles. The Balaban J connectivity index is 1.78. The van der Waals surface area contributed by atoms with E-state index in [9.17, 15) is 9.18 Å². The molecule has 2 aromatic heterocycles. The molecule has 0 aliphatic rings. The number of aryl methyl sites for hydroxylation is 2. The van der Waals surface area contributed by atoms with E-state index in [2.05, 4.69) is 10.2 Å². The molecule has 0 unspecified atom stereocenters. The molecule has 0 aliphatic heterocycles. The Morgan fingerprint density at radius 2 is 2.13 bits per heavy atom. The van der Waals surface area contributed by atoms with Crippen molar-refractivity contribution in [3.63, 3.8) is 0 Å². The first-order chi connectivity index (χ1) is 11.1. The average molecular weight is 347 g/mol. The van der Waals surface area contributed by atoms with E-state index >= 15 is 0 Å². The van der Waals surface area contributed by atoms with E-state index in [4.69, 9.17) is 0 Å². The molecule has 0 saturated heterocycles. The third-order valence-corrected chi connectivity index (χ3v) is 5.21. The lowest BCUT2D eigenvalue weighted by Crippen LogP contribution is -2.05. The van der Waals surface area contributed by atoms with Gasteiger partial charge in [0, 0.05) is 15.3 Å². The van der Waals surface area contributed by atoms with Gasteiger partial charge in [-0.3, -0.25) is 9.36 Å². The summed E-state index contributed by atoms with van der Waals surface area (Å²) < 4.78 is 15.5. The first-order valence-electron chi connectivity index (χ1n) is 6.94. The maximum absolute atomic E-state index is 13.9. The Morgan fingerprint density at radius 3 is 2.83 bits per heavy atom. The van der Waals surface area contributed by atoms with Gasteiger partial charge in [0.15, 0.2) is 10.9 Å². The molecule has 118 valence electrons. The van der Waals surface area contributed by atoms with Crippen LogP contribution >= 0.6 is 23.1 Å². The highest BCUT2D eigenvalue weighted by atomic mass is 32.2. The number of ketones is 1. The quantitative estimate of drug-likeness (QED) is 0.516. The third-order valence-electron chi connectivity index (χ3n) is 3.30. The Morgan fingerprint density at radius 1 is 1.35 bits per heavy atom. The Hall–Kier alpha value is -1.99. The summed E-state index contributed by atoms with van der Waals surface area (Å²) in [5.74, 6) is -0.0748. The Bertz CT molecular complexity index is 857. The van der Waals surface area contributed by atoms with Crippen LogP contribution in [0.2, 0.25) is 0 Å². The van der Waals surface area contributed by atoms with Crippen molar-refractivity contribution in [1.29, 1.82) is 0 Å². The van der Waals surface area contributed by atoms with Crippen molar-refractivity contribution in [3.8, 4) is 5.69 Å². The van der Waals surface area contributed by atoms with Gasteiger partial charge in [-0.2, -0.15) is 0 Å². The van der Waals surface area contributed by atoms with Gasteiger partial charge in [0.05, 0.1) is 11.4 Å². The van der Waals surface area contributed by atoms with Gasteiger partial charge in [0.1, 0.15) is 12.1 Å². The van der Waals surface area contributed by atoms with Gasteiger partial charge in [-0.1, -0.05) is 23.9 Å². The minimum absolute atomic E-state index is 0.0416. The molecule has 3 aromatic rings. The number of para-hydroxylation sites is 1. The zero-order valence-corrected chi connectivity index (χ0v) is 14.2. The zero-order chi connectivity index (χ0) is 16.4. The van der Waals surface area contributed by atoms with Gasteiger partial charge >= 0.3 is 0 Å². The van der Waals surface area contributed by atoms with Crippen LogP contribution in [-0.4, -0.2) is 26.3 Å². The molecule has 4 nitrogen and oxygen atoms in total. The number of rotatable bonds is 5. The molecule has 0 bridgehead atoms. The zero-order valence-electron chi connectivity index (χ0n) is 12.6. The van der Waals surface area contributed by atoms with Gasteiger partial charge in [0.2, 0.25) is 0 Å². The lowest BCUT2D eigenvalue weighted by atomic mass is 10.2. The predicted octanol–water partition coefficient (Wildman–Crippen LogP) is 4.06. The fraction of sp³-hybridized carbons (Fsp3) is 0.188. The van der Waals surface area contributed by atoms with Crippen molar-refractivity contribution in [3.05, 3.63) is 57.8 Å². The summed E-state index contributed by atoms with van der Waals surface area (Å²) in [6.07, 6.45) is 1.45. The predicted molar refractivity (Wildman–Crippen MR) is 90.2 cm³/mol. The van der Waals surface area contributed by atoms with Crippen molar-refractivity contribution in [2.24, 2.45) is 0 Å². The van der Waals surface area contributed by atoms with Gasteiger partial charge in [-0.25, -0.2) is 4.39 Å². The average Bonchev–Trinajstić information content (AvgIpc) is 3.11. The van der Waals surface area contributed by atoms with E-state index < -0.39 is 0 Å². The van der Waals surface area contributed by atoms with Crippen molar-refractivity contribution in [1.82, 2.24) is 14.8 Å². The van der Waals surface area contributed by atoms with Crippen LogP contribution in [0.15, 0.2) is 41.8 Å². The highest BCUT2D eigenvalue weighted by Crippen LogP contribution is 2.25. The molecule has 0 N–H and O–H groups in total. The van der Waals surface area contributed by atoms with E-state index in [0.29, 0.717) is 10.8 Å². The second kappa shape index (κ2) is 6.64. The second-order valence-electron chi connectivity index (χ2n) is 4.97. The summed E-state index contributed by atoms with van der Waals surface area (Å²) in [6, 6.07) is 8.31. The van der Waals surface area contributed by atoms with Gasteiger partial charge in [-0.15, -0.1) is 21.5 Å². The fourth-order valence-electron chi connectivity index (χ4n) is 2.25. The van der Waals surface area contributed by atoms with Crippen LogP contribution in [0.1, 0.15) is 20.1 Å². The standard InChI is InChI=1S/C16H14FN3OS2/c1-10-7-12(11(2)23-10)15(21)8-22-16-19-18-9-20(16)14-6-4-3-5-13(14)17/h3-7,9H,8H2,1-2H3. The SMILES string of the molecule is Cc1cc(C(=O)CSc2nncn2-c2ccccc2F)c(C)s1. The topological polar surface area (TPSA) is 47.8 Å². The summed E-state index contributed by atoms with van der Waals surface area (Å²) in [5.41, 5.74) is 1.12. The number of carbonyl (C=O) groups excluding carboxylic acids is 1. The van der Waals surface area contributed by atoms with Crippen LogP contribution in [0.3, 0.4) is 0 Å². The van der Waals surface area contributed by atoms with E-state index in [-0.39, 0.29) is 17.4 Å². The summed E-state index contributed by atoms with van der Waals surface area (Å²) in [4.78, 5) is 14.5. The Labute approximate surface area is 141 Å². The first kappa shape index (κ1) is 15.9. The van der Waals surface area contributed by atoms with Crippen LogP contribution in [0.4, 0.5) is 4.39 Å². The Kier molecular flexibility index (Phi) is 4.58. The minimum Gasteiger partial charge on any atom is -0.293 e. The minimum atomic E-state index is -0.357. The second-order valence-corrected chi connectivity index (χ2v) is 7.38. The largest absolute Gasteiger partial charge is 0.293 e. The molecule has 1 aromatic carbocycles. The number of nitrogens with zero attached hydrogens (tertiary/aromatic N) is 3. The number of thiophene rings is 1. The molecule has 0 amide bonds. The monoisotopic (exact) mass is 347 g/mol. The molecule has 0 saturated carbocycles. The van der Waals surface area contributed by atoms with Crippen LogP contribution in [0, 0.1) is 19.7 Å². The molecule has 2 heterocycles. The van der Waals surface area contributed by atoms with Crippen molar-refractivity contribution >= 4 is 28.9 Å². The summed E-state index contributed by atoms with van der Waals surface area (Å²) in [5, 5.41) is 8.31. The molecule has 0 atom stereocenters. The van der Waals surface area contributed by atoms with Gasteiger partial charge < -0.3 is 0 Å². The maximum Gasteiger partial charge on any atom is 0.196 e. The molecule has 3 rings (SSSR count). The molecule has 0 radical (unpaired) electrons. The molecular weight excluding hydrogens is 333 g/mol. The number of aromatic nitrogens is 3. The van der Waals surface area contributed by atoms with E-state index in [1.54, 1.807) is 34.1 Å². The third kappa shape index (κ3) is 3.35. The number of hydrogen-bond donors (Lipinski definition) is 0. The number of hydrogen-bond acceptors (Lipinski definition) is 5. The van der Waals surface area contributed by atoms with Crippen LogP contribution in [0.5, 0.6) is 0 Å². The number of thioether (sulfide) groups is 1. The number of benzene rings is 1. The first-order valence-corrected chi connectivity index (χ1v) is 8.74. The summed E-state index contributed by atoms with van der Waals surface area (Å²) in [7, 11) is 0. The number of carbonyl (C=O) groups is 1. The molecular formula is C16H14FN3OS2. The number of Topliss-reactive ketones (excluding diaryl/α,β-unsaturated/α-hetero) is 1. The van der Waals surface area contributed by atoms with Crippen molar-refractivity contribution in [2.45, 2.75) is 19.0 Å². The highest BCUT2D eigenvalue weighted by Gasteiger charge is 2.16. The lowest BCUT2D eigenvalue weighted by molar-refractivity contribution is 0.102. The fourth-order valence-corrected chi connectivity index (χ4v) is 4.00. The summed E-state index contributed by atoms with van der Waals surface area (Å²) in [6.45, 7) is 3.92.